The second kappa shape index (κ2) is 6.00. The molecule has 3 heteroatoms. The molecule has 22 heavy (non-hydrogen) atoms. The van der Waals surface area contributed by atoms with Gasteiger partial charge in [-0.2, -0.15) is 0 Å². The molecule has 0 aliphatic heterocycles. The summed E-state index contributed by atoms with van der Waals surface area (Å²) >= 11 is 0. The quantitative estimate of drug-likeness (QED) is 0.805. The molecule has 3 rings (SSSR count). The molecule has 0 aliphatic rings. The zero-order valence-electron chi connectivity index (χ0n) is 12.4. The molecule has 2 aromatic carbocycles. The fraction of sp³-hybridized carbons (Fsp3) is 0.105. The number of aromatic nitrogens is 1. The summed E-state index contributed by atoms with van der Waals surface area (Å²) in [7, 11) is 1.87. The molecule has 0 amide bonds. The zero-order valence-corrected chi connectivity index (χ0v) is 12.4. The first-order valence-corrected chi connectivity index (χ1v) is 7.17. The van der Waals surface area contributed by atoms with Gasteiger partial charge in [-0.15, -0.1) is 0 Å². The number of rotatable bonds is 3. The first-order valence-electron chi connectivity index (χ1n) is 7.17. The third kappa shape index (κ3) is 2.47. The van der Waals surface area contributed by atoms with Gasteiger partial charge in [0, 0.05) is 18.8 Å². The highest BCUT2D eigenvalue weighted by molar-refractivity contribution is 5.81. The van der Waals surface area contributed by atoms with Crippen molar-refractivity contribution < 1.29 is 5.11 Å². The summed E-state index contributed by atoms with van der Waals surface area (Å²) in [4.78, 5) is 12.6. The van der Waals surface area contributed by atoms with Crippen LogP contribution in [0.3, 0.4) is 0 Å². The van der Waals surface area contributed by atoms with Crippen LogP contribution in [0.25, 0.3) is 22.4 Å². The molecule has 3 nitrogen and oxygen atoms in total. The van der Waals surface area contributed by atoms with Gasteiger partial charge in [-0.25, -0.2) is 0 Å². The molecule has 0 saturated heterocycles. The van der Waals surface area contributed by atoms with Crippen molar-refractivity contribution in [2.45, 2.75) is 6.61 Å². The number of hydrogen-bond acceptors (Lipinski definition) is 2. The molecule has 0 aliphatic carbocycles. The monoisotopic (exact) mass is 291 g/mol. The van der Waals surface area contributed by atoms with Crippen LogP contribution >= 0.6 is 0 Å². The van der Waals surface area contributed by atoms with Crippen LogP contribution in [0, 0.1) is 0 Å². The lowest BCUT2D eigenvalue weighted by Gasteiger charge is -2.18. The largest absolute Gasteiger partial charge is 0.390 e. The van der Waals surface area contributed by atoms with E-state index < -0.39 is 0 Å². The van der Waals surface area contributed by atoms with Gasteiger partial charge < -0.3 is 9.67 Å². The van der Waals surface area contributed by atoms with E-state index >= 15 is 0 Å². The lowest BCUT2D eigenvalue weighted by Crippen LogP contribution is -2.16. The van der Waals surface area contributed by atoms with Gasteiger partial charge in [0.25, 0.3) is 0 Å². The number of hydrogen-bond donors (Lipinski definition) is 1. The summed E-state index contributed by atoms with van der Waals surface area (Å²) in [5, 5.41) is 9.52. The van der Waals surface area contributed by atoms with Crippen molar-refractivity contribution in [1.82, 2.24) is 4.57 Å². The molecular formula is C19H17NO2. The molecule has 1 N–H and O–H groups in total. The first-order chi connectivity index (χ1) is 10.7. The van der Waals surface area contributed by atoms with Crippen molar-refractivity contribution >= 4 is 0 Å². The SMILES string of the molecule is Cn1c(CO)cc(=O)c(-c2ccccc2)c1-c1ccccc1. The van der Waals surface area contributed by atoms with Gasteiger partial charge in [-0.05, 0) is 11.1 Å². The Hall–Kier alpha value is -2.65. The molecule has 0 fully saturated rings. The maximum atomic E-state index is 12.6. The molecule has 0 saturated carbocycles. The maximum absolute atomic E-state index is 12.6. The molecule has 1 heterocycles. The van der Waals surface area contributed by atoms with Crippen LogP contribution < -0.4 is 5.43 Å². The smallest absolute Gasteiger partial charge is 0.190 e. The zero-order chi connectivity index (χ0) is 15.5. The topological polar surface area (TPSA) is 42.2 Å². The third-order valence-electron chi connectivity index (χ3n) is 3.82. The van der Waals surface area contributed by atoms with Crippen LogP contribution in [0.1, 0.15) is 5.69 Å². The lowest BCUT2D eigenvalue weighted by atomic mass is 9.98. The van der Waals surface area contributed by atoms with Gasteiger partial charge in [0.1, 0.15) is 0 Å². The van der Waals surface area contributed by atoms with Crippen LogP contribution in [0.5, 0.6) is 0 Å². The minimum absolute atomic E-state index is 0.0767. The Bertz CT molecular complexity index is 837. The minimum Gasteiger partial charge on any atom is -0.390 e. The van der Waals surface area contributed by atoms with Gasteiger partial charge >= 0.3 is 0 Å². The van der Waals surface area contributed by atoms with Gasteiger partial charge in [0.05, 0.1) is 17.9 Å². The summed E-state index contributed by atoms with van der Waals surface area (Å²) < 4.78 is 1.89. The van der Waals surface area contributed by atoms with E-state index in [-0.39, 0.29) is 12.0 Å². The van der Waals surface area contributed by atoms with E-state index in [0.717, 1.165) is 16.8 Å². The van der Waals surface area contributed by atoms with E-state index in [2.05, 4.69) is 0 Å². The van der Waals surface area contributed by atoms with E-state index in [1.165, 1.54) is 6.07 Å². The first kappa shape index (κ1) is 14.3. The highest BCUT2D eigenvalue weighted by Crippen LogP contribution is 2.29. The fourth-order valence-corrected chi connectivity index (χ4v) is 2.72. The van der Waals surface area contributed by atoms with Crippen LogP contribution in [-0.2, 0) is 13.7 Å². The Morgan fingerprint density at radius 3 is 2.00 bits per heavy atom. The fourth-order valence-electron chi connectivity index (χ4n) is 2.72. The van der Waals surface area contributed by atoms with E-state index in [4.69, 9.17) is 0 Å². The second-order valence-corrected chi connectivity index (χ2v) is 5.17. The third-order valence-corrected chi connectivity index (χ3v) is 3.82. The van der Waals surface area contributed by atoms with E-state index in [1.54, 1.807) is 0 Å². The van der Waals surface area contributed by atoms with Crippen molar-refractivity contribution in [1.29, 1.82) is 0 Å². The Morgan fingerprint density at radius 2 is 1.45 bits per heavy atom. The van der Waals surface area contributed by atoms with Crippen LogP contribution in [0.15, 0.2) is 71.5 Å². The molecule has 3 aromatic rings. The Morgan fingerprint density at radius 1 is 0.909 bits per heavy atom. The standard InChI is InChI=1S/C19H17NO2/c1-20-16(13-21)12-17(22)18(14-8-4-2-5-9-14)19(20)15-10-6-3-7-11-15/h2-12,21H,13H2,1H3. The van der Waals surface area contributed by atoms with Crippen LogP contribution in [0.2, 0.25) is 0 Å². The van der Waals surface area contributed by atoms with Crippen LogP contribution in [-0.4, -0.2) is 9.67 Å². The molecule has 0 bridgehead atoms. The summed E-state index contributed by atoms with van der Waals surface area (Å²) in [6.45, 7) is -0.166. The molecule has 0 unspecified atom stereocenters. The average Bonchev–Trinajstić information content (AvgIpc) is 2.57. The lowest BCUT2D eigenvalue weighted by molar-refractivity contribution is 0.272. The Kier molecular flexibility index (Phi) is 3.90. The van der Waals surface area contributed by atoms with Crippen molar-refractivity contribution in [3.8, 4) is 22.4 Å². The second-order valence-electron chi connectivity index (χ2n) is 5.17. The number of nitrogens with zero attached hydrogens (tertiary/aromatic N) is 1. The van der Waals surface area contributed by atoms with Crippen molar-refractivity contribution in [3.05, 3.63) is 82.6 Å². The normalized spacial score (nSPS) is 10.6. The van der Waals surface area contributed by atoms with E-state index in [1.807, 2.05) is 72.3 Å². The number of aliphatic hydroxyl groups is 1. The van der Waals surface area contributed by atoms with Gasteiger partial charge in [0.15, 0.2) is 5.43 Å². The van der Waals surface area contributed by atoms with Crippen molar-refractivity contribution in [2.75, 3.05) is 0 Å². The maximum Gasteiger partial charge on any atom is 0.190 e. The van der Waals surface area contributed by atoms with Crippen molar-refractivity contribution in [2.24, 2.45) is 7.05 Å². The van der Waals surface area contributed by atoms with E-state index in [0.29, 0.717) is 11.3 Å². The number of aliphatic hydroxyl groups excluding tert-OH is 1. The van der Waals surface area contributed by atoms with Gasteiger partial charge in [0.2, 0.25) is 0 Å². The predicted molar refractivity (Wildman–Crippen MR) is 88.5 cm³/mol. The summed E-state index contributed by atoms with van der Waals surface area (Å²) in [5.41, 5.74) is 3.84. The van der Waals surface area contributed by atoms with E-state index in [9.17, 15) is 9.90 Å². The van der Waals surface area contributed by atoms with Crippen molar-refractivity contribution in [3.63, 3.8) is 0 Å². The summed E-state index contributed by atoms with van der Waals surface area (Å²) in [6.07, 6.45) is 0. The molecular weight excluding hydrogens is 274 g/mol. The molecule has 0 radical (unpaired) electrons. The Labute approximate surface area is 129 Å². The minimum atomic E-state index is -0.166. The molecule has 0 spiro atoms. The average molecular weight is 291 g/mol. The molecule has 110 valence electrons. The summed E-state index contributed by atoms with van der Waals surface area (Å²) in [5.74, 6) is 0. The van der Waals surface area contributed by atoms with Gasteiger partial charge in [-0.1, -0.05) is 60.7 Å². The molecule has 0 atom stereocenters. The highest BCUT2D eigenvalue weighted by Gasteiger charge is 2.16. The Balaban J connectivity index is 2.39. The van der Waals surface area contributed by atoms with Crippen LogP contribution in [0.4, 0.5) is 0 Å². The van der Waals surface area contributed by atoms with Gasteiger partial charge in [-0.3, -0.25) is 4.79 Å². The molecule has 1 aromatic heterocycles. The predicted octanol–water partition coefficient (Wildman–Crippen LogP) is 3.21. The summed E-state index contributed by atoms with van der Waals surface area (Å²) in [6, 6.07) is 20.9. The number of pyridine rings is 1. The number of benzene rings is 2. The highest BCUT2D eigenvalue weighted by atomic mass is 16.3.